The first-order chi connectivity index (χ1) is 13.7. The van der Waals surface area contributed by atoms with Crippen molar-refractivity contribution in [1.82, 2.24) is 10.0 Å². The minimum atomic E-state index is -3.55. The summed E-state index contributed by atoms with van der Waals surface area (Å²) in [5.74, 6) is 3.94. The molecule has 148 valence electrons. The first-order valence-corrected chi connectivity index (χ1v) is 10.5. The lowest BCUT2D eigenvalue weighted by Crippen LogP contribution is -2.20. The highest BCUT2D eigenvalue weighted by molar-refractivity contribution is 7.90. The minimum absolute atomic E-state index is 0.0780. The summed E-state index contributed by atoms with van der Waals surface area (Å²) in [6.45, 7) is 0. The maximum atomic E-state index is 12.2. The second kappa shape index (κ2) is 8.09. The van der Waals surface area contributed by atoms with Crippen LogP contribution in [0.2, 0.25) is 5.02 Å². The van der Waals surface area contributed by atoms with Gasteiger partial charge in [0, 0.05) is 41.3 Å². The van der Waals surface area contributed by atoms with Crippen LogP contribution in [0.3, 0.4) is 0 Å². The Bertz CT molecular complexity index is 1240. The third kappa shape index (κ3) is 4.66. The normalized spacial score (nSPS) is 10.9. The summed E-state index contributed by atoms with van der Waals surface area (Å²) in [6, 6.07) is 13.1. The fourth-order valence-corrected chi connectivity index (χ4v) is 3.54. The first kappa shape index (κ1) is 20.6. The maximum Gasteiger partial charge on any atom is 0.322 e. The number of rotatable bonds is 3. The monoisotopic (exact) mass is 430 g/mol. The van der Waals surface area contributed by atoms with Gasteiger partial charge in [-0.3, -0.25) is 10.0 Å². The molecule has 0 spiro atoms. The van der Waals surface area contributed by atoms with E-state index < -0.39 is 15.7 Å². The van der Waals surface area contributed by atoms with E-state index in [1.165, 1.54) is 6.07 Å². The molecule has 29 heavy (non-hydrogen) atoms. The van der Waals surface area contributed by atoms with Crippen molar-refractivity contribution < 1.29 is 22.8 Å². The zero-order chi connectivity index (χ0) is 21.2. The van der Waals surface area contributed by atoms with Gasteiger partial charge >= 0.3 is 5.91 Å². The van der Waals surface area contributed by atoms with Gasteiger partial charge in [0.2, 0.25) is 0 Å². The quantitative estimate of drug-likeness (QED) is 0.389. The molecule has 0 bridgehead atoms. The molecule has 3 rings (SSSR count). The predicted molar refractivity (Wildman–Crippen MR) is 107 cm³/mol. The van der Waals surface area contributed by atoms with Crippen molar-refractivity contribution >= 4 is 27.3 Å². The van der Waals surface area contributed by atoms with Gasteiger partial charge in [-0.1, -0.05) is 29.8 Å². The fourth-order valence-electron chi connectivity index (χ4n) is 2.53. The van der Waals surface area contributed by atoms with E-state index in [-0.39, 0.29) is 22.2 Å². The Morgan fingerprint density at radius 2 is 1.83 bits per heavy atom. The third-order valence-corrected chi connectivity index (χ3v) is 5.25. The molecule has 0 saturated carbocycles. The van der Waals surface area contributed by atoms with Gasteiger partial charge in [-0.25, -0.2) is 18.5 Å². The SMILES string of the molecule is CN(O)C(=O)C#Cc1nc(-c2ccccc2S(C)(=O)=O)c(-c2ccc(Cl)cc2)o1. The summed E-state index contributed by atoms with van der Waals surface area (Å²) in [4.78, 5) is 15.9. The van der Waals surface area contributed by atoms with Crippen LogP contribution in [-0.4, -0.2) is 42.9 Å². The van der Waals surface area contributed by atoms with Crippen LogP contribution < -0.4 is 0 Å². The lowest BCUT2D eigenvalue weighted by Gasteiger charge is -2.07. The molecular weight excluding hydrogens is 416 g/mol. The molecule has 0 aliphatic heterocycles. The Labute approximate surface area is 172 Å². The molecule has 0 atom stereocenters. The van der Waals surface area contributed by atoms with Crippen molar-refractivity contribution in [2.24, 2.45) is 0 Å². The van der Waals surface area contributed by atoms with Crippen LogP contribution in [0.1, 0.15) is 5.89 Å². The Morgan fingerprint density at radius 1 is 1.17 bits per heavy atom. The van der Waals surface area contributed by atoms with Crippen LogP contribution in [0.25, 0.3) is 22.6 Å². The number of amides is 1. The number of aromatic nitrogens is 1. The van der Waals surface area contributed by atoms with Crippen molar-refractivity contribution in [3.63, 3.8) is 0 Å². The van der Waals surface area contributed by atoms with Gasteiger partial charge in [0.25, 0.3) is 5.89 Å². The van der Waals surface area contributed by atoms with Crippen molar-refractivity contribution in [2.45, 2.75) is 4.90 Å². The van der Waals surface area contributed by atoms with Crippen LogP contribution in [0.4, 0.5) is 0 Å². The number of sulfone groups is 1. The molecule has 1 N–H and O–H groups in total. The second-order valence-corrected chi connectivity index (χ2v) is 8.47. The lowest BCUT2D eigenvalue weighted by atomic mass is 10.1. The summed E-state index contributed by atoms with van der Waals surface area (Å²) in [6.07, 6.45) is 1.10. The van der Waals surface area contributed by atoms with Gasteiger partial charge in [0.1, 0.15) is 5.69 Å². The molecule has 0 fully saturated rings. The van der Waals surface area contributed by atoms with Gasteiger partial charge < -0.3 is 4.42 Å². The summed E-state index contributed by atoms with van der Waals surface area (Å²) < 4.78 is 30.2. The largest absolute Gasteiger partial charge is 0.429 e. The zero-order valence-corrected chi connectivity index (χ0v) is 17.0. The Kier molecular flexibility index (Phi) is 5.75. The lowest BCUT2D eigenvalue weighted by molar-refractivity contribution is -0.152. The van der Waals surface area contributed by atoms with Gasteiger partial charge in [-0.05, 0) is 30.3 Å². The second-order valence-electron chi connectivity index (χ2n) is 6.05. The number of carbonyl (C=O) groups is 1. The average Bonchev–Trinajstić information content (AvgIpc) is 3.10. The molecule has 0 radical (unpaired) electrons. The van der Waals surface area contributed by atoms with E-state index in [2.05, 4.69) is 16.8 Å². The number of hydrogen-bond donors (Lipinski definition) is 1. The van der Waals surface area contributed by atoms with Crippen LogP contribution in [0.15, 0.2) is 57.8 Å². The van der Waals surface area contributed by atoms with Crippen molar-refractivity contribution in [2.75, 3.05) is 13.3 Å². The maximum absolute atomic E-state index is 12.2. The molecule has 0 saturated heterocycles. The topological polar surface area (TPSA) is 101 Å². The van der Waals surface area contributed by atoms with Crippen molar-refractivity contribution in [3.05, 3.63) is 59.4 Å². The van der Waals surface area contributed by atoms with Gasteiger partial charge in [-0.15, -0.1) is 0 Å². The summed E-state index contributed by atoms with van der Waals surface area (Å²) in [5, 5.41) is 9.96. The molecule has 0 unspecified atom stereocenters. The van der Waals surface area contributed by atoms with E-state index in [0.717, 1.165) is 13.3 Å². The highest BCUT2D eigenvalue weighted by Gasteiger charge is 2.22. The van der Waals surface area contributed by atoms with E-state index in [4.69, 9.17) is 21.2 Å². The minimum Gasteiger partial charge on any atom is -0.429 e. The molecule has 1 heterocycles. The van der Waals surface area contributed by atoms with E-state index in [0.29, 0.717) is 21.2 Å². The number of hydroxylamine groups is 2. The molecule has 3 aromatic rings. The molecule has 2 aromatic carbocycles. The van der Waals surface area contributed by atoms with Crippen LogP contribution >= 0.6 is 11.6 Å². The number of nitrogens with zero attached hydrogens (tertiary/aromatic N) is 2. The Hall–Kier alpha value is -3.12. The summed E-state index contributed by atoms with van der Waals surface area (Å²) in [5.41, 5.74) is 1.18. The Morgan fingerprint density at radius 3 is 2.45 bits per heavy atom. The first-order valence-electron chi connectivity index (χ1n) is 8.21. The van der Waals surface area contributed by atoms with E-state index in [9.17, 15) is 13.2 Å². The van der Waals surface area contributed by atoms with Crippen molar-refractivity contribution in [3.8, 4) is 34.4 Å². The van der Waals surface area contributed by atoms with Crippen molar-refractivity contribution in [1.29, 1.82) is 0 Å². The van der Waals surface area contributed by atoms with Gasteiger partial charge in [0.15, 0.2) is 15.6 Å². The average molecular weight is 431 g/mol. The third-order valence-electron chi connectivity index (χ3n) is 3.85. The van der Waals surface area contributed by atoms with E-state index in [1.807, 2.05) is 0 Å². The van der Waals surface area contributed by atoms with Gasteiger partial charge in [-0.2, -0.15) is 0 Å². The highest BCUT2D eigenvalue weighted by atomic mass is 35.5. The number of benzene rings is 2. The summed E-state index contributed by atoms with van der Waals surface area (Å²) >= 11 is 5.95. The number of hydrogen-bond acceptors (Lipinski definition) is 6. The molecule has 0 aliphatic rings. The van der Waals surface area contributed by atoms with Crippen LogP contribution in [-0.2, 0) is 14.6 Å². The van der Waals surface area contributed by atoms with E-state index in [1.54, 1.807) is 42.5 Å². The molecule has 0 aliphatic carbocycles. The fraction of sp³-hybridized carbons (Fsp3) is 0.100. The van der Waals surface area contributed by atoms with E-state index >= 15 is 0 Å². The number of carbonyl (C=O) groups excluding carboxylic acids is 1. The Balaban J connectivity index is 2.23. The smallest absolute Gasteiger partial charge is 0.322 e. The van der Waals surface area contributed by atoms with Gasteiger partial charge in [0.05, 0.1) is 4.90 Å². The molecular formula is C20H15ClN2O5S. The van der Waals surface area contributed by atoms with Crippen LogP contribution in [0.5, 0.6) is 0 Å². The molecule has 1 aromatic heterocycles. The summed E-state index contributed by atoms with van der Waals surface area (Å²) in [7, 11) is -2.41. The number of oxazole rings is 1. The van der Waals surface area contributed by atoms with Crippen LogP contribution in [0, 0.1) is 11.8 Å². The molecule has 9 heteroatoms. The zero-order valence-electron chi connectivity index (χ0n) is 15.4. The highest BCUT2D eigenvalue weighted by Crippen LogP contribution is 2.36. The predicted octanol–water partition coefficient (Wildman–Crippen LogP) is 3.26. The standard InChI is InChI=1S/C20H15ClN2O5S/c1-23(25)18(24)12-11-17-22-19(15-5-3-4-6-16(15)29(2,26)27)20(28-17)13-7-9-14(21)10-8-13/h3-10,25H,1-2H3. The molecule has 1 amide bonds. The number of halogens is 1. The molecule has 7 nitrogen and oxygen atoms in total.